The minimum absolute atomic E-state index is 0.00208. The van der Waals surface area contributed by atoms with Gasteiger partial charge in [0.15, 0.2) is 0 Å². The first-order valence-corrected chi connectivity index (χ1v) is 25.6. The standard InChI is InChI=1S/C64H65BN2O/c1-36(2)39-21-22-48-52(30-39)66(50-34-46-44(29-38(50)4)61(5,6)25-27-63(46,9)10)53-31-40(41-18-14-13-17-37(41)3)32-54-59(53)65(48)49-23-24-56-58-57-42(19-15-16-20-55(57)68-56)43-33-45-47(35-51(43)67(54)60(49)58)64(11,12)28-26-62(45,7)8/h13-24,29-36,42H,25-28H2,1-12H3. The lowest BCUT2D eigenvalue weighted by molar-refractivity contribution is 0.331. The Morgan fingerprint density at radius 3 is 1.88 bits per heavy atom. The van der Waals surface area contributed by atoms with Crippen LogP contribution in [-0.2, 0) is 21.7 Å². The minimum Gasteiger partial charge on any atom is -0.456 e. The van der Waals surface area contributed by atoms with Gasteiger partial charge in [-0.2, -0.15) is 0 Å². The lowest BCUT2D eigenvalue weighted by Crippen LogP contribution is -2.61. The van der Waals surface area contributed by atoms with Gasteiger partial charge in [-0.25, -0.2) is 0 Å². The van der Waals surface area contributed by atoms with Gasteiger partial charge < -0.3 is 14.2 Å². The van der Waals surface area contributed by atoms with Gasteiger partial charge in [0.2, 0.25) is 0 Å². The van der Waals surface area contributed by atoms with Crippen LogP contribution in [0.2, 0.25) is 0 Å². The first kappa shape index (κ1) is 42.1. The maximum Gasteiger partial charge on any atom is 0.252 e. The molecule has 0 radical (unpaired) electrons. The third-order valence-electron chi connectivity index (χ3n) is 18.1. The SMILES string of the molecule is Cc1ccccc1-c1cc2c3c(c1)N1c4cc5c(cc4C4C=CC=Cc6oc7ccc(c1c7c64)B3c1ccc(C(C)C)cc1N2c1cc2c(cc1C)C(C)(C)CCC2(C)C)C(C)(C)CCC5(C)C. The van der Waals surface area contributed by atoms with Crippen LogP contribution < -0.4 is 26.2 Å². The summed E-state index contributed by atoms with van der Waals surface area (Å²) in [5.41, 5.74) is 28.1. The van der Waals surface area contributed by atoms with Crippen molar-refractivity contribution in [2.45, 2.75) is 142 Å². The molecule has 340 valence electrons. The summed E-state index contributed by atoms with van der Waals surface area (Å²) in [7, 11) is 0. The van der Waals surface area contributed by atoms with Crippen LogP contribution >= 0.6 is 0 Å². The molecule has 0 bridgehead atoms. The van der Waals surface area contributed by atoms with Gasteiger partial charge in [-0.3, -0.25) is 0 Å². The largest absolute Gasteiger partial charge is 0.456 e. The maximum atomic E-state index is 7.01. The number of rotatable bonds is 3. The molecule has 6 aromatic carbocycles. The van der Waals surface area contributed by atoms with Crippen LogP contribution in [0.15, 0.2) is 114 Å². The van der Waals surface area contributed by atoms with Crippen molar-refractivity contribution in [3.8, 4) is 11.1 Å². The van der Waals surface area contributed by atoms with Crippen molar-refractivity contribution in [3.63, 3.8) is 0 Å². The van der Waals surface area contributed by atoms with E-state index in [2.05, 4.69) is 208 Å². The van der Waals surface area contributed by atoms with E-state index in [4.69, 9.17) is 4.42 Å². The van der Waals surface area contributed by atoms with Gasteiger partial charge in [0, 0.05) is 39.6 Å². The Labute approximate surface area is 405 Å². The molecule has 3 nitrogen and oxygen atoms in total. The summed E-state index contributed by atoms with van der Waals surface area (Å²) < 4.78 is 7.01. The van der Waals surface area contributed by atoms with Crippen LogP contribution in [-0.4, -0.2) is 6.71 Å². The fourth-order valence-electron chi connectivity index (χ4n) is 13.8. The van der Waals surface area contributed by atoms with Crippen LogP contribution in [0.1, 0.15) is 163 Å². The topological polar surface area (TPSA) is 19.6 Å². The number of allylic oxidation sites excluding steroid dienone is 3. The molecule has 1 aromatic heterocycles. The fourth-order valence-corrected chi connectivity index (χ4v) is 13.8. The second-order valence-corrected chi connectivity index (χ2v) is 24.5. The zero-order valence-electron chi connectivity index (χ0n) is 42.3. The molecule has 0 amide bonds. The van der Waals surface area contributed by atoms with Crippen LogP contribution in [0.5, 0.6) is 0 Å². The monoisotopic (exact) mass is 889 g/mol. The van der Waals surface area contributed by atoms with Gasteiger partial charge >= 0.3 is 0 Å². The molecule has 4 heterocycles. The number of fused-ring (bicyclic) bond motifs is 9. The molecule has 4 heteroatoms. The molecule has 1 unspecified atom stereocenters. The predicted octanol–water partition coefficient (Wildman–Crippen LogP) is 15.6. The van der Waals surface area contributed by atoms with Crippen LogP contribution in [0.25, 0.3) is 28.2 Å². The number of nitrogens with zero attached hydrogens (tertiary/aromatic N) is 2. The van der Waals surface area contributed by atoms with E-state index in [-0.39, 0.29) is 34.3 Å². The summed E-state index contributed by atoms with van der Waals surface area (Å²) in [6.07, 6.45) is 13.8. The highest BCUT2D eigenvalue weighted by atomic mass is 16.3. The van der Waals surface area contributed by atoms with E-state index in [0.29, 0.717) is 5.92 Å². The normalized spacial score (nSPS) is 20.1. The zero-order chi connectivity index (χ0) is 47.1. The predicted molar refractivity (Wildman–Crippen MR) is 290 cm³/mol. The smallest absolute Gasteiger partial charge is 0.252 e. The number of hydrogen-bond acceptors (Lipinski definition) is 3. The first-order chi connectivity index (χ1) is 32.3. The van der Waals surface area contributed by atoms with Crippen molar-refractivity contribution in [3.05, 3.63) is 165 Å². The summed E-state index contributed by atoms with van der Waals surface area (Å²) in [6.45, 7) is 29.1. The van der Waals surface area contributed by atoms with Gasteiger partial charge in [-0.1, -0.05) is 142 Å². The summed E-state index contributed by atoms with van der Waals surface area (Å²) >= 11 is 0. The van der Waals surface area contributed by atoms with Crippen molar-refractivity contribution >= 4 is 74.3 Å². The molecule has 0 saturated carbocycles. The molecule has 6 aliphatic rings. The van der Waals surface area contributed by atoms with Crippen molar-refractivity contribution in [2.24, 2.45) is 0 Å². The Morgan fingerprint density at radius 2 is 1.21 bits per heavy atom. The molecule has 68 heavy (non-hydrogen) atoms. The fraction of sp³-hybridized carbons (Fsp3) is 0.344. The highest BCUT2D eigenvalue weighted by Gasteiger charge is 2.49. The second kappa shape index (κ2) is 13.8. The lowest BCUT2D eigenvalue weighted by atomic mass is 9.33. The van der Waals surface area contributed by atoms with E-state index < -0.39 is 0 Å². The molecule has 3 aliphatic carbocycles. The van der Waals surface area contributed by atoms with E-state index in [1.807, 2.05) is 0 Å². The van der Waals surface area contributed by atoms with Crippen LogP contribution in [0.4, 0.5) is 34.1 Å². The van der Waals surface area contributed by atoms with E-state index in [1.165, 1.54) is 136 Å². The molecule has 3 aliphatic heterocycles. The zero-order valence-corrected chi connectivity index (χ0v) is 42.3. The van der Waals surface area contributed by atoms with Crippen molar-refractivity contribution < 1.29 is 4.42 Å². The van der Waals surface area contributed by atoms with Crippen molar-refractivity contribution in [2.75, 3.05) is 9.80 Å². The van der Waals surface area contributed by atoms with Gasteiger partial charge in [-0.15, -0.1) is 0 Å². The highest BCUT2D eigenvalue weighted by molar-refractivity contribution is 7.00. The van der Waals surface area contributed by atoms with Crippen LogP contribution in [0.3, 0.4) is 0 Å². The van der Waals surface area contributed by atoms with Crippen molar-refractivity contribution in [1.29, 1.82) is 0 Å². The second-order valence-electron chi connectivity index (χ2n) is 24.5. The van der Waals surface area contributed by atoms with E-state index in [9.17, 15) is 0 Å². The summed E-state index contributed by atoms with van der Waals surface area (Å²) in [4.78, 5) is 5.45. The molecule has 0 spiro atoms. The summed E-state index contributed by atoms with van der Waals surface area (Å²) in [6, 6.07) is 36.8. The number of furan rings is 1. The Kier molecular flexibility index (Phi) is 8.57. The Bertz CT molecular complexity index is 3440. The van der Waals surface area contributed by atoms with Gasteiger partial charge in [0.1, 0.15) is 11.3 Å². The molecular formula is C64H65BN2O. The third-order valence-corrected chi connectivity index (χ3v) is 18.1. The first-order valence-electron chi connectivity index (χ1n) is 25.6. The molecule has 1 atom stereocenters. The van der Waals surface area contributed by atoms with Gasteiger partial charge in [0.05, 0.1) is 11.4 Å². The van der Waals surface area contributed by atoms with E-state index in [0.717, 1.165) is 17.8 Å². The van der Waals surface area contributed by atoms with E-state index in [1.54, 1.807) is 0 Å². The number of hydrogen-bond donors (Lipinski definition) is 0. The van der Waals surface area contributed by atoms with Gasteiger partial charge in [0.25, 0.3) is 6.71 Å². The molecule has 0 N–H and O–H groups in total. The number of anilines is 6. The molecule has 13 rings (SSSR count). The van der Waals surface area contributed by atoms with Gasteiger partial charge in [-0.05, 0) is 182 Å². The summed E-state index contributed by atoms with van der Waals surface area (Å²) in [5.74, 6) is 1.37. The maximum absolute atomic E-state index is 7.01. The quantitative estimate of drug-likeness (QED) is 0.165. The number of aryl methyl sites for hydroxylation is 2. The highest BCUT2D eigenvalue weighted by Crippen LogP contribution is 2.58. The average molecular weight is 889 g/mol. The van der Waals surface area contributed by atoms with E-state index >= 15 is 0 Å². The summed E-state index contributed by atoms with van der Waals surface area (Å²) in [5, 5.41) is 1.25. The molecule has 7 aromatic rings. The van der Waals surface area contributed by atoms with Crippen molar-refractivity contribution in [1.82, 2.24) is 0 Å². The average Bonchev–Trinajstić information content (AvgIpc) is 3.47. The molecule has 0 saturated heterocycles. The molecular weight excluding hydrogens is 824 g/mol. The third kappa shape index (κ3) is 5.67. The Balaban J connectivity index is 1.21. The Morgan fingerprint density at radius 1 is 0.588 bits per heavy atom. The van der Waals surface area contributed by atoms with Crippen LogP contribution in [0, 0.1) is 13.8 Å². The Hall–Kier alpha value is -6.00. The molecule has 0 fully saturated rings. The minimum atomic E-state index is -0.00208. The number of benzene rings is 6. The lowest BCUT2D eigenvalue weighted by Gasteiger charge is -2.47.